The van der Waals surface area contributed by atoms with Gasteiger partial charge in [-0.2, -0.15) is 0 Å². The lowest BCUT2D eigenvalue weighted by Crippen LogP contribution is -2.49. The van der Waals surface area contributed by atoms with Crippen molar-refractivity contribution in [2.45, 2.75) is 99.0 Å². The summed E-state index contributed by atoms with van der Waals surface area (Å²) in [6.45, 7) is 18.8. The molecule has 1 heterocycles. The SMILES string of the molecule is C=C1CC[C@H]2CC3=C(O[C@]2(C)CC[C@@H]2[C@@H]1CC2(C)C)C(C)(C)C(=O)C(C(=O)[C@@H](C)CC)=C3O. The number of hydrogen-bond donors (Lipinski definition) is 1. The molecule has 0 unspecified atom stereocenters. The Labute approximate surface area is 199 Å². The van der Waals surface area contributed by atoms with Crippen LogP contribution in [0.15, 0.2) is 34.8 Å². The second kappa shape index (κ2) is 7.85. The van der Waals surface area contributed by atoms with E-state index in [1.165, 1.54) is 12.0 Å². The van der Waals surface area contributed by atoms with E-state index in [0.29, 0.717) is 41.4 Å². The number of Topliss-reactive ketones (excluding diaryl/α,β-unsaturated/α-hetero) is 2. The lowest BCUT2D eigenvalue weighted by molar-refractivity contribution is -0.134. The first kappa shape index (κ1) is 24.3. The summed E-state index contributed by atoms with van der Waals surface area (Å²) in [5, 5.41) is 11.2. The third-order valence-electron chi connectivity index (χ3n) is 9.64. The van der Waals surface area contributed by atoms with Crippen LogP contribution in [0.2, 0.25) is 0 Å². The van der Waals surface area contributed by atoms with E-state index in [2.05, 4.69) is 27.4 Å². The maximum atomic E-state index is 13.5. The third kappa shape index (κ3) is 3.63. The van der Waals surface area contributed by atoms with Gasteiger partial charge in [-0.3, -0.25) is 9.59 Å². The molecule has 2 saturated carbocycles. The molecule has 4 aliphatic rings. The molecule has 0 aromatic carbocycles. The average molecular weight is 455 g/mol. The second-order valence-corrected chi connectivity index (χ2v) is 12.6. The number of carbonyl (C=O) groups excluding carboxylic acids is 2. The monoisotopic (exact) mass is 454 g/mol. The van der Waals surface area contributed by atoms with Crippen LogP contribution in [0.5, 0.6) is 0 Å². The summed E-state index contributed by atoms with van der Waals surface area (Å²) in [5.41, 5.74) is 0.976. The highest BCUT2D eigenvalue weighted by Gasteiger charge is 2.55. The van der Waals surface area contributed by atoms with Gasteiger partial charge in [-0.25, -0.2) is 0 Å². The minimum absolute atomic E-state index is 0.0208. The first-order valence-electron chi connectivity index (χ1n) is 12.9. The lowest BCUT2D eigenvalue weighted by Gasteiger charge is -2.53. The van der Waals surface area contributed by atoms with Crippen molar-refractivity contribution in [1.29, 1.82) is 0 Å². The predicted molar refractivity (Wildman–Crippen MR) is 131 cm³/mol. The van der Waals surface area contributed by atoms with Crippen molar-refractivity contribution < 1.29 is 19.4 Å². The van der Waals surface area contributed by atoms with Crippen LogP contribution >= 0.6 is 0 Å². The van der Waals surface area contributed by atoms with Crippen LogP contribution in [0.3, 0.4) is 0 Å². The molecule has 2 fully saturated rings. The molecule has 0 aromatic heterocycles. The van der Waals surface area contributed by atoms with Gasteiger partial charge in [-0.1, -0.05) is 39.8 Å². The zero-order valence-electron chi connectivity index (χ0n) is 21.6. The molecule has 0 amide bonds. The lowest BCUT2D eigenvalue weighted by atomic mass is 9.52. The number of aliphatic hydroxyl groups is 1. The molecule has 5 atom stereocenters. The molecule has 1 aliphatic heterocycles. The maximum Gasteiger partial charge on any atom is 0.183 e. The van der Waals surface area contributed by atoms with E-state index in [4.69, 9.17) is 4.74 Å². The zero-order valence-corrected chi connectivity index (χ0v) is 21.6. The fourth-order valence-electron chi connectivity index (χ4n) is 6.89. The van der Waals surface area contributed by atoms with Gasteiger partial charge in [0.1, 0.15) is 22.7 Å². The van der Waals surface area contributed by atoms with Crippen LogP contribution in [0.25, 0.3) is 0 Å². The molecule has 4 rings (SSSR count). The Morgan fingerprint density at radius 1 is 1.21 bits per heavy atom. The minimum Gasteiger partial charge on any atom is -0.507 e. The number of carbonyl (C=O) groups is 2. The van der Waals surface area contributed by atoms with Crippen molar-refractivity contribution in [1.82, 2.24) is 0 Å². The molecule has 0 spiro atoms. The number of fused-ring (bicyclic) bond motifs is 2. The topological polar surface area (TPSA) is 63.6 Å². The van der Waals surface area contributed by atoms with Crippen LogP contribution in [0.1, 0.15) is 93.4 Å². The average Bonchev–Trinajstić information content (AvgIpc) is 2.78. The zero-order chi connectivity index (χ0) is 24.5. The molecule has 0 bridgehead atoms. The van der Waals surface area contributed by atoms with Crippen molar-refractivity contribution in [3.63, 3.8) is 0 Å². The number of ether oxygens (including phenoxy) is 1. The van der Waals surface area contributed by atoms with Crippen molar-refractivity contribution >= 4 is 11.6 Å². The standard InChI is InChI=1S/C29H42O4/c1-9-16(2)23(30)22-24(31)19-14-18-11-10-17(3)20-15-27(4,5)21(20)12-13-29(18,8)33-26(19)28(6,7)25(22)32/h16,18,20-21,31H,3,9-15H2,1-2,4-8H3/t16-,18-,20+,21+,29+/m0/s1. The molecule has 4 heteroatoms. The fourth-order valence-corrected chi connectivity index (χ4v) is 6.89. The van der Waals surface area contributed by atoms with E-state index in [0.717, 1.165) is 25.7 Å². The summed E-state index contributed by atoms with van der Waals surface area (Å²) in [5.74, 6) is 0.988. The van der Waals surface area contributed by atoms with Crippen LogP contribution in [0.4, 0.5) is 0 Å². The number of hydrogen-bond acceptors (Lipinski definition) is 4. The molecule has 4 nitrogen and oxygen atoms in total. The summed E-state index contributed by atoms with van der Waals surface area (Å²) in [6, 6.07) is 0. The first-order chi connectivity index (χ1) is 15.2. The fraction of sp³-hybridized carbons (Fsp3) is 0.724. The highest BCUT2D eigenvalue weighted by atomic mass is 16.5. The first-order valence-corrected chi connectivity index (χ1v) is 12.9. The summed E-state index contributed by atoms with van der Waals surface area (Å²) in [6.07, 6.45) is 6.41. The quantitative estimate of drug-likeness (QED) is 0.373. The summed E-state index contributed by atoms with van der Waals surface area (Å²) >= 11 is 0. The van der Waals surface area contributed by atoms with E-state index in [-0.39, 0.29) is 34.7 Å². The number of ketones is 2. The Morgan fingerprint density at radius 3 is 2.48 bits per heavy atom. The highest BCUT2D eigenvalue weighted by Crippen LogP contribution is 2.59. The van der Waals surface area contributed by atoms with Gasteiger partial charge in [0.25, 0.3) is 0 Å². The van der Waals surface area contributed by atoms with Gasteiger partial charge in [-0.15, -0.1) is 0 Å². The molecule has 0 aromatic rings. The van der Waals surface area contributed by atoms with Gasteiger partial charge >= 0.3 is 0 Å². The van der Waals surface area contributed by atoms with Gasteiger partial charge in [0.05, 0.1) is 5.41 Å². The van der Waals surface area contributed by atoms with Gasteiger partial charge < -0.3 is 9.84 Å². The van der Waals surface area contributed by atoms with Crippen LogP contribution < -0.4 is 0 Å². The van der Waals surface area contributed by atoms with Gasteiger partial charge in [0, 0.05) is 17.4 Å². The Morgan fingerprint density at radius 2 is 1.88 bits per heavy atom. The van der Waals surface area contributed by atoms with Crippen LogP contribution in [0, 0.1) is 34.5 Å². The number of rotatable bonds is 3. The third-order valence-corrected chi connectivity index (χ3v) is 9.64. The largest absolute Gasteiger partial charge is 0.507 e. The molecular weight excluding hydrogens is 412 g/mol. The Kier molecular flexibility index (Phi) is 5.78. The normalized spacial score (nSPS) is 36.3. The van der Waals surface area contributed by atoms with Gasteiger partial charge in [0.15, 0.2) is 11.6 Å². The number of aliphatic hydroxyl groups excluding tert-OH is 1. The van der Waals surface area contributed by atoms with E-state index < -0.39 is 11.0 Å². The minimum atomic E-state index is -0.964. The van der Waals surface area contributed by atoms with Gasteiger partial charge in [0.2, 0.25) is 0 Å². The maximum absolute atomic E-state index is 13.5. The molecule has 0 radical (unpaired) electrons. The van der Waals surface area contributed by atoms with E-state index in [1.807, 2.05) is 27.7 Å². The molecule has 0 saturated heterocycles. The summed E-state index contributed by atoms with van der Waals surface area (Å²) in [4.78, 5) is 26.6. The Balaban J connectivity index is 1.74. The second-order valence-electron chi connectivity index (χ2n) is 12.6. The summed E-state index contributed by atoms with van der Waals surface area (Å²) < 4.78 is 6.78. The predicted octanol–water partition coefficient (Wildman–Crippen LogP) is 6.86. The van der Waals surface area contributed by atoms with Crippen molar-refractivity contribution in [3.05, 3.63) is 34.8 Å². The van der Waals surface area contributed by atoms with E-state index in [1.54, 1.807) is 0 Å². The van der Waals surface area contributed by atoms with Crippen molar-refractivity contribution in [2.24, 2.45) is 34.5 Å². The molecule has 1 N–H and O–H groups in total. The Bertz CT molecular complexity index is 962. The van der Waals surface area contributed by atoms with Crippen LogP contribution in [-0.4, -0.2) is 22.3 Å². The molecule has 3 aliphatic carbocycles. The van der Waals surface area contributed by atoms with Crippen molar-refractivity contribution in [3.8, 4) is 0 Å². The van der Waals surface area contributed by atoms with E-state index in [9.17, 15) is 14.7 Å². The summed E-state index contributed by atoms with van der Waals surface area (Å²) in [7, 11) is 0. The number of allylic oxidation sites excluding steroid dienone is 4. The van der Waals surface area contributed by atoms with Crippen LogP contribution in [-0.2, 0) is 14.3 Å². The van der Waals surface area contributed by atoms with Crippen molar-refractivity contribution in [2.75, 3.05) is 0 Å². The highest BCUT2D eigenvalue weighted by molar-refractivity contribution is 6.24. The van der Waals surface area contributed by atoms with Gasteiger partial charge in [-0.05, 0) is 83.0 Å². The smallest absolute Gasteiger partial charge is 0.183 e. The van der Waals surface area contributed by atoms with E-state index >= 15 is 0 Å². The molecule has 33 heavy (non-hydrogen) atoms. The Hall–Kier alpha value is -1.84. The molecule has 182 valence electrons. The molecular formula is C29H42O4.